The number of halogens is 3. The van der Waals surface area contributed by atoms with Gasteiger partial charge >= 0.3 is 12.3 Å². The van der Waals surface area contributed by atoms with Gasteiger partial charge in [-0.3, -0.25) is 4.79 Å². The molecule has 0 spiro atoms. The number of nitrogens with zero attached hydrogens (tertiary/aromatic N) is 1. The van der Waals surface area contributed by atoms with Crippen molar-refractivity contribution in [3.05, 3.63) is 65.2 Å². The third kappa shape index (κ3) is 6.68. The van der Waals surface area contributed by atoms with Crippen molar-refractivity contribution >= 4 is 12.0 Å². The van der Waals surface area contributed by atoms with Gasteiger partial charge in [-0.15, -0.1) is 0 Å². The van der Waals surface area contributed by atoms with Gasteiger partial charge in [0.05, 0.1) is 24.6 Å². The summed E-state index contributed by atoms with van der Waals surface area (Å²) in [6, 6.07) is 11.7. The molecule has 0 aromatic heterocycles. The number of carbonyl (C=O) groups is 2. The van der Waals surface area contributed by atoms with E-state index in [-0.39, 0.29) is 25.0 Å². The number of amides is 2. The molecule has 1 fully saturated rings. The Kier molecular flexibility index (Phi) is 7.67. The van der Waals surface area contributed by atoms with Gasteiger partial charge in [0, 0.05) is 19.0 Å². The first-order valence-corrected chi connectivity index (χ1v) is 11.4. The summed E-state index contributed by atoms with van der Waals surface area (Å²) in [6.07, 6.45) is -5.02. The lowest BCUT2D eigenvalue weighted by Gasteiger charge is -2.24. The molecule has 2 amide bonds. The zero-order valence-electron chi connectivity index (χ0n) is 20.5. The number of rotatable bonds is 5. The van der Waals surface area contributed by atoms with Crippen molar-refractivity contribution in [3.8, 4) is 5.75 Å². The van der Waals surface area contributed by atoms with Crippen LogP contribution in [0, 0.1) is 5.92 Å². The average molecular weight is 493 g/mol. The summed E-state index contributed by atoms with van der Waals surface area (Å²) < 4.78 is 49.8. The molecule has 0 radical (unpaired) electrons. The molecule has 1 N–H and O–H groups in total. The SMILES string of the molecule is COc1cccc([C@H](C)NC(=O)[C@@H]2CN(C(=O)OC(C)(C)C)C[C@H]2c2ccc(C(F)(F)F)cc2)c1. The predicted octanol–water partition coefficient (Wildman–Crippen LogP) is 5.54. The Balaban J connectivity index is 1.84. The van der Waals surface area contributed by atoms with Crippen molar-refractivity contribution in [3.63, 3.8) is 0 Å². The van der Waals surface area contributed by atoms with E-state index in [0.717, 1.165) is 17.7 Å². The Morgan fingerprint density at radius 3 is 2.29 bits per heavy atom. The van der Waals surface area contributed by atoms with Gasteiger partial charge in [0.15, 0.2) is 0 Å². The maximum absolute atomic E-state index is 13.3. The van der Waals surface area contributed by atoms with Gasteiger partial charge < -0.3 is 19.7 Å². The van der Waals surface area contributed by atoms with E-state index in [1.165, 1.54) is 17.0 Å². The van der Waals surface area contributed by atoms with Crippen LogP contribution in [0.4, 0.5) is 18.0 Å². The summed E-state index contributed by atoms with van der Waals surface area (Å²) in [5.74, 6) is -0.783. The van der Waals surface area contributed by atoms with Crippen molar-refractivity contribution in [1.29, 1.82) is 0 Å². The number of methoxy groups -OCH3 is 1. The molecule has 0 bridgehead atoms. The molecule has 2 aromatic rings. The van der Waals surface area contributed by atoms with Crippen LogP contribution in [0.3, 0.4) is 0 Å². The fraction of sp³-hybridized carbons (Fsp3) is 0.462. The molecule has 0 saturated carbocycles. The summed E-state index contributed by atoms with van der Waals surface area (Å²) in [7, 11) is 1.56. The minimum atomic E-state index is -4.46. The predicted molar refractivity (Wildman–Crippen MR) is 125 cm³/mol. The molecule has 35 heavy (non-hydrogen) atoms. The monoisotopic (exact) mass is 492 g/mol. The van der Waals surface area contributed by atoms with Crippen molar-refractivity contribution in [1.82, 2.24) is 10.2 Å². The van der Waals surface area contributed by atoms with E-state index < -0.39 is 35.3 Å². The lowest BCUT2D eigenvalue weighted by atomic mass is 9.87. The van der Waals surface area contributed by atoms with Crippen LogP contribution in [0.15, 0.2) is 48.5 Å². The summed E-state index contributed by atoms with van der Waals surface area (Å²) in [4.78, 5) is 27.5. The number of ether oxygens (including phenoxy) is 2. The third-order valence-corrected chi connectivity index (χ3v) is 5.93. The fourth-order valence-corrected chi connectivity index (χ4v) is 4.12. The largest absolute Gasteiger partial charge is 0.497 e. The second kappa shape index (κ2) is 10.2. The summed E-state index contributed by atoms with van der Waals surface area (Å²) >= 11 is 0. The normalized spacial score (nSPS) is 19.3. The molecule has 190 valence electrons. The molecule has 1 aliphatic rings. The molecule has 3 atom stereocenters. The maximum Gasteiger partial charge on any atom is 0.416 e. The van der Waals surface area contributed by atoms with E-state index >= 15 is 0 Å². The van der Waals surface area contributed by atoms with Crippen molar-refractivity contribution < 1.29 is 32.2 Å². The number of likely N-dealkylation sites (tertiary alicyclic amines) is 1. The second-order valence-electron chi connectivity index (χ2n) is 9.72. The van der Waals surface area contributed by atoms with Gasteiger partial charge in [-0.1, -0.05) is 24.3 Å². The van der Waals surface area contributed by atoms with Gasteiger partial charge in [-0.05, 0) is 63.1 Å². The molecule has 1 saturated heterocycles. The molecule has 1 heterocycles. The lowest BCUT2D eigenvalue weighted by Crippen LogP contribution is -2.38. The lowest BCUT2D eigenvalue weighted by molar-refractivity contribution is -0.137. The van der Waals surface area contributed by atoms with Crippen LogP contribution in [0.5, 0.6) is 5.75 Å². The second-order valence-corrected chi connectivity index (χ2v) is 9.72. The summed E-state index contributed by atoms with van der Waals surface area (Å²) in [6.45, 7) is 7.32. The van der Waals surface area contributed by atoms with E-state index in [0.29, 0.717) is 11.3 Å². The van der Waals surface area contributed by atoms with Crippen LogP contribution in [0.1, 0.15) is 56.3 Å². The molecule has 6 nitrogen and oxygen atoms in total. The Morgan fingerprint density at radius 1 is 1.06 bits per heavy atom. The van der Waals surface area contributed by atoms with Crippen molar-refractivity contribution in [2.75, 3.05) is 20.2 Å². The zero-order valence-corrected chi connectivity index (χ0v) is 20.5. The number of nitrogens with one attached hydrogen (secondary N) is 1. The number of benzene rings is 2. The number of carbonyl (C=O) groups excluding carboxylic acids is 2. The highest BCUT2D eigenvalue weighted by molar-refractivity contribution is 5.82. The van der Waals surface area contributed by atoms with Crippen molar-refractivity contribution in [2.24, 2.45) is 5.92 Å². The van der Waals surface area contributed by atoms with Crippen LogP contribution in [-0.2, 0) is 15.7 Å². The fourth-order valence-electron chi connectivity index (χ4n) is 4.12. The molecule has 9 heteroatoms. The highest BCUT2D eigenvalue weighted by atomic mass is 19.4. The Morgan fingerprint density at radius 2 is 1.71 bits per heavy atom. The summed E-state index contributed by atoms with van der Waals surface area (Å²) in [5, 5.41) is 2.98. The molecule has 3 rings (SSSR count). The number of hydrogen-bond donors (Lipinski definition) is 1. The van der Waals surface area contributed by atoms with Gasteiger partial charge in [0.1, 0.15) is 11.4 Å². The van der Waals surface area contributed by atoms with Crippen LogP contribution in [0.2, 0.25) is 0 Å². The quantitative estimate of drug-likeness (QED) is 0.595. The molecular weight excluding hydrogens is 461 g/mol. The average Bonchev–Trinajstić information content (AvgIpc) is 3.23. The first kappa shape index (κ1) is 26.4. The molecule has 0 unspecified atom stereocenters. The van der Waals surface area contributed by atoms with E-state index in [9.17, 15) is 22.8 Å². The Bertz CT molecular complexity index is 1050. The van der Waals surface area contributed by atoms with Crippen LogP contribution >= 0.6 is 0 Å². The molecule has 2 aromatic carbocycles. The van der Waals surface area contributed by atoms with Gasteiger partial charge in [-0.25, -0.2) is 4.79 Å². The van der Waals surface area contributed by atoms with Crippen LogP contribution in [-0.4, -0.2) is 42.7 Å². The zero-order chi connectivity index (χ0) is 26.0. The van der Waals surface area contributed by atoms with Crippen molar-refractivity contribution in [2.45, 2.75) is 51.4 Å². The van der Waals surface area contributed by atoms with E-state index in [1.807, 2.05) is 25.1 Å². The maximum atomic E-state index is 13.3. The molecule has 1 aliphatic heterocycles. The number of alkyl halides is 3. The third-order valence-electron chi connectivity index (χ3n) is 5.93. The number of hydrogen-bond acceptors (Lipinski definition) is 4. The van der Waals surface area contributed by atoms with E-state index in [2.05, 4.69) is 5.32 Å². The van der Waals surface area contributed by atoms with Gasteiger partial charge in [0.25, 0.3) is 0 Å². The smallest absolute Gasteiger partial charge is 0.416 e. The summed E-state index contributed by atoms with van der Waals surface area (Å²) in [5.41, 5.74) is -0.0952. The van der Waals surface area contributed by atoms with E-state index in [1.54, 1.807) is 33.9 Å². The molecule has 0 aliphatic carbocycles. The minimum Gasteiger partial charge on any atom is -0.497 e. The first-order valence-electron chi connectivity index (χ1n) is 11.4. The standard InChI is InChI=1S/C26H31F3N2O4/c1-16(18-7-6-8-20(13-18)34-5)30-23(32)22-15-31(24(33)35-25(2,3)4)14-21(22)17-9-11-19(12-10-17)26(27,28)29/h6-13,16,21-22H,14-15H2,1-5H3,(H,30,32)/t16-,21-,22+/m0/s1. The highest BCUT2D eigenvalue weighted by Gasteiger charge is 2.42. The van der Waals surface area contributed by atoms with Crippen LogP contribution in [0.25, 0.3) is 0 Å². The molecular formula is C26H31F3N2O4. The Labute approximate surface area is 203 Å². The minimum absolute atomic E-state index is 0.0945. The Hall–Kier alpha value is -3.23. The van der Waals surface area contributed by atoms with Crippen LogP contribution < -0.4 is 10.1 Å². The first-order chi connectivity index (χ1) is 16.3. The van der Waals surface area contributed by atoms with E-state index in [4.69, 9.17) is 9.47 Å². The topological polar surface area (TPSA) is 67.9 Å². The highest BCUT2D eigenvalue weighted by Crippen LogP contribution is 2.36. The van der Waals surface area contributed by atoms with Gasteiger partial charge in [0.2, 0.25) is 5.91 Å². The van der Waals surface area contributed by atoms with Gasteiger partial charge in [-0.2, -0.15) is 13.2 Å².